The highest BCUT2D eigenvalue weighted by Crippen LogP contribution is 2.34. The average molecular weight is 210 g/mol. The SMILES string of the molecule is CC=CCC1C(=O)CCC1CC(=O)OC. The van der Waals surface area contributed by atoms with Crippen LogP contribution in [0.15, 0.2) is 12.2 Å². The minimum absolute atomic E-state index is 0.0281. The molecular formula is C12H18O3. The second-order valence-corrected chi connectivity index (χ2v) is 3.96. The van der Waals surface area contributed by atoms with E-state index in [2.05, 4.69) is 4.74 Å². The van der Waals surface area contributed by atoms with E-state index in [-0.39, 0.29) is 17.8 Å². The minimum Gasteiger partial charge on any atom is -0.469 e. The molecule has 0 amide bonds. The van der Waals surface area contributed by atoms with Crippen molar-refractivity contribution in [2.45, 2.75) is 32.6 Å². The van der Waals surface area contributed by atoms with Crippen LogP contribution in [0.25, 0.3) is 0 Å². The number of ether oxygens (including phenoxy) is 1. The predicted molar refractivity (Wildman–Crippen MR) is 57.3 cm³/mol. The summed E-state index contributed by atoms with van der Waals surface area (Å²) in [6, 6.07) is 0. The summed E-state index contributed by atoms with van der Waals surface area (Å²) in [5.74, 6) is 0.295. The predicted octanol–water partition coefficient (Wildman–Crippen LogP) is 2.11. The third kappa shape index (κ3) is 3.18. The van der Waals surface area contributed by atoms with Gasteiger partial charge in [-0.25, -0.2) is 0 Å². The van der Waals surface area contributed by atoms with Crippen LogP contribution < -0.4 is 0 Å². The second kappa shape index (κ2) is 5.69. The number of rotatable bonds is 4. The van der Waals surface area contributed by atoms with Crippen molar-refractivity contribution in [3.63, 3.8) is 0 Å². The fraction of sp³-hybridized carbons (Fsp3) is 0.667. The average Bonchev–Trinajstić information content (AvgIpc) is 2.57. The number of ketones is 1. The Kier molecular flexibility index (Phi) is 4.53. The van der Waals surface area contributed by atoms with Crippen LogP contribution in [0.2, 0.25) is 0 Å². The molecule has 1 aliphatic carbocycles. The number of methoxy groups -OCH3 is 1. The molecule has 1 rings (SSSR count). The molecule has 0 radical (unpaired) electrons. The van der Waals surface area contributed by atoms with Gasteiger partial charge in [-0.2, -0.15) is 0 Å². The first kappa shape index (κ1) is 12.0. The molecule has 1 saturated carbocycles. The summed E-state index contributed by atoms with van der Waals surface area (Å²) in [5, 5.41) is 0. The van der Waals surface area contributed by atoms with Gasteiger partial charge in [0, 0.05) is 18.8 Å². The Bertz CT molecular complexity index is 268. The molecule has 3 heteroatoms. The summed E-state index contributed by atoms with van der Waals surface area (Å²) in [6.07, 6.45) is 6.53. The highest BCUT2D eigenvalue weighted by atomic mass is 16.5. The molecule has 0 aromatic rings. The largest absolute Gasteiger partial charge is 0.469 e. The zero-order valence-corrected chi connectivity index (χ0v) is 9.36. The number of hydrogen-bond acceptors (Lipinski definition) is 3. The van der Waals surface area contributed by atoms with Gasteiger partial charge in [0.2, 0.25) is 0 Å². The zero-order chi connectivity index (χ0) is 11.3. The maximum absolute atomic E-state index is 11.6. The summed E-state index contributed by atoms with van der Waals surface area (Å²) in [6.45, 7) is 1.94. The Balaban J connectivity index is 2.55. The van der Waals surface area contributed by atoms with Crippen molar-refractivity contribution in [3.05, 3.63) is 12.2 Å². The summed E-state index contributed by atoms with van der Waals surface area (Å²) < 4.78 is 4.63. The van der Waals surface area contributed by atoms with Crippen molar-refractivity contribution in [2.24, 2.45) is 11.8 Å². The third-order valence-corrected chi connectivity index (χ3v) is 3.03. The Morgan fingerprint density at radius 2 is 2.33 bits per heavy atom. The molecule has 2 atom stereocenters. The van der Waals surface area contributed by atoms with Crippen LogP contribution in [0.1, 0.15) is 32.6 Å². The topological polar surface area (TPSA) is 43.4 Å². The van der Waals surface area contributed by atoms with Crippen LogP contribution in [0.3, 0.4) is 0 Å². The van der Waals surface area contributed by atoms with Gasteiger partial charge in [0.1, 0.15) is 5.78 Å². The van der Waals surface area contributed by atoms with Crippen LogP contribution in [0.5, 0.6) is 0 Å². The Morgan fingerprint density at radius 1 is 1.60 bits per heavy atom. The van der Waals surface area contributed by atoms with E-state index >= 15 is 0 Å². The van der Waals surface area contributed by atoms with E-state index in [1.807, 2.05) is 19.1 Å². The molecule has 1 aliphatic rings. The standard InChI is InChI=1S/C12H18O3/c1-3-4-5-10-9(6-7-11(10)13)8-12(14)15-2/h3-4,9-10H,5-8H2,1-2H3. The van der Waals surface area contributed by atoms with E-state index in [0.717, 1.165) is 12.8 Å². The lowest BCUT2D eigenvalue weighted by Gasteiger charge is -2.15. The molecule has 1 fully saturated rings. The second-order valence-electron chi connectivity index (χ2n) is 3.96. The lowest BCUT2D eigenvalue weighted by Crippen LogP contribution is -2.17. The Labute approximate surface area is 90.5 Å². The smallest absolute Gasteiger partial charge is 0.305 e. The molecule has 0 saturated heterocycles. The highest BCUT2D eigenvalue weighted by molar-refractivity contribution is 5.84. The first-order chi connectivity index (χ1) is 7.19. The van der Waals surface area contributed by atoms with E-state index in [1.165, 1.54) is 7.11 Å². The van der Waals surface area contributed by atoms with E-state index < -0.39 is 0 Å². The van der Waals surface area contributed by atoms with Gasteiger partial charge in [-0.05, 0) is 25.7 Å². The Morgan fingerprint density at radius 3 is 2.93 bits per heavy atom. The lowest BCUT2D eigenvalue weighted by molar-refractivity contribution is -0.142. The van der Waals surface area contributed by atoms with Crippen molar-refractivity contribution in [2.75, 3.05) is 7.11 Å². The van der Waals surface area contributed by atoms with Gasteiger partial charge in [-0.15, -0.1) is 0 Å². The highest BCUT2D eigenvalue weighted by Gasteiger charge is 2.34. The maximum Gasteiger partial charge on any atom is 0.305 e. The van der Waals surface area contributed by atoms with Crippen LogP contribution in [-0.2, 0) is 14.3 Å². The molecule has 0 spiro atoms. The van der Waals surface area contributed by atoms with Gasteiger partial charge >= 0.3 is 5.97 Å². The number of hydrogen-bond donors (Lipinski definition) is 0. The minimum atomic E-state index is -0.208. The molecule has 0 heterocycles. The van der Waals surface area contributed by atoms with Gasteiger partial charge in [0.15, 0.2) is 0 Å². The number of Topliss-reactive ketones (excluding diaryl/α,β-unsaturated/α-hetero) is 1. The third-order valence-electron chi connectivity index (χ3n) is 3.03. The van der Waals surface area contributed by atoms with Crippen LogP contribution in [-0.4, -0.2) is 18.9 Å². The number of carbonyl (C=O) groups is 2. The molecule has 15 heavy (non-hydrogen) atoms. The van der Waals surface area contributed by atoms with Crippen molar-refractivity contribution in [1.29, 1.82) is 0 Å². The van der Waals surface area contributed by atoms with E-state index in [1.54, 1.807) is 0 Å². The van der Waals surface area contributed by atoms with E-state index in [9.17, 15) is 9.59 Å². The zero-order valence-electron chi connectivity index (χ0n) is 9.36. The molecule has 2 unspecified atom stereocenters. The monoisotopic (exact) mass is 210 g/mol. The van der Waals surface area contributed by atoms with Gasteiger partial charge < -0.3 is 4.74 Å². The van der Waals surface area contributed by atoms with Gasteiger partial charge in [0.05, 0.1) is 7.11 Å². The van der Waals surface area contributed by atoms with E-state index in [4.69, 9.17) is 0 Å². The molecule has 0 aromatic heterocycles. The normalized spacial score (nSPS) is 26.1. The number of carbonyl (C=O) groups excluding carboxylic acids is 2. The van der Waals surface area contributed by atoms with Crippen molar-refractivity contribution in [1.82, 2.24) is 0 Å². The molecule has 3 nitrogen and oxygen atoms in total. The lowest BCUT2D eigenvalue weighted by atomic mass is 9.89. The fourth-order valence-corrected chi connectivity index (χ4v) is 2.13. The molecule has 0 bridgehead atoms. The molecule has 0 N–H and O–H groups in total. The fourth-order valence-electron chi connectivity index (χ4n) is 2.13. The molecule has 0 aliphatic heterocycles. The van der Waals surface area contributed by atoms with Crippen molar-refractivity contribution in [3.8, 4) is 0 Å². The van der Waals surface area contributed by atoms with Gasteiger partial charge in [-0.3, -0.25) is 9.59 Å². The summed E-state index contributed by atoms with van der Waals surface area (Å²) in [7, 11) is 1.39. The van der Waals surface area contributed by atoms with Crippen LogP contribution >= 0.6 is 0 Å². The first-order valence-corrected chi connectivity index (χ1v) is 5.39. The van der Waals surface area contributed by atoms with Crippen LogP contribution in [0.4, 0.5) is 0 Å². The summed E-state index contributed by atoms with van der Waals surface area (Å²) >= 11 is 0. The van der Waals surface area contributed by atoms with Crippen molar-refractivity contribution < 1.29 is 14.3 Å². The summed E-state index contributed by atoms with van der Waals surface area (Å²) in [5.41, 5.74) is 0. The number of esters is 1. The van der Waals surface area contributed by atoms with E-state index in [0.29, 0.717) is 18.6 Å². The van der Waals surface area contributed by atoms with Crippen LogP contribution in [0, 0.1) is 11.8 Å². The molecular weight excluding hydrogens is 192 g/mol. The van der Waals surface area contributed by atoms with Gasteiger partial charge in [-0.1, -0.05) is 12.2 Å². The molecule has 84 valence electrons. The maximum atomic E-state index is 11.6. The quantitative estimate of drug-likeness (QED) is 0.527. The number of allylic oxidation sites excluding steroid dienone is 2. The Hall–Kier alpha value is -1.12. The summed E-state index contributed by atoms with van der Waals surface area (Å²) in [4.78, 5) is 22.7. The van der Waals surface area contributed by atoms with Crippen molar-refractivity contribution >= 4 is 11.8 Å². The molecule has 0 aromatic carbocycles. The first-order valence-electron chi connectivity index (χ1n) is 5.39. The van der Waals surface area contributed by atoms with Gasteiger partial charge in [0.25, 0.3) is 0 Å².